The third-order valence-corrected chi connectivity index (χ3v) is 2.52. The number of rotatable bonds is 0. The average Bonchev–Trinajstić information content (AvgIpc) is 1.85. The summed E-state index contributed by atoms with van der Waals surface area (Å²) in [5.74, 6) is 2.98. The lowest BCUT2D eigenvalue weighted by molar-refractivity contribution is 0.457. The average molecular weight is 112 g/mol. The van der Waals surface area contributed by atoms with Gasteiger partial charge in [0.05, 0.1) is 0 Å². The van der Waals surface area contributed by atoms with Crippen LogP contribution in [-0.4, -0.2) is 0 Å². The van der Waals surface area contributed by atoms with Crippen molar-refractivity contribution < 1.29 is 0 Å². The zero-order valence-corrected chi connectivity index (χ0v) is 6.15. The normalized spacial score (nSPS) is 47.6. The topological polar surface area (TPSA) is 0 Å². The summed E-state index contributed by atoms with van der Waals surface area (Å²) < 4.78 is 0. The van der Waals surface area contributed by atoms with Gasteiger partial charge >= 0.3 is 0 Å². The van der Waals surface area contributed by atoms with Crippen molar-refractivity contribution in [1.82, 2.24) is 0 Å². The molecule has 0 bridgehead atoms. The van der Waals surface area contributed by atoms with Gasteiger partial charge in [-0.1, -0.05) is 20.8 Å². The molecule has 0 saturated heterocycles. The van der Waals surface area contributed by atoms with Gasteiger partial charge in [0.2, 0.25) is 0 Å². The van der Waals surface area contributed by atoms with Crippen LogP contribution in [0, 0.1) is 17.8 Å². The molecule has 1 saturated carbocycles. The molecule has 0 nitrogen and oxygen atoms in total. The number of hydrogen-bond donors (Lipinski definition) is 0. The van der Waals surface area contributed by atoms with Gasteiger partial charge in [0.1, 0.15) is 0 Å². The van der Waals surface area contributed by atoms with Crippen LogP contribution in [0.1, 0.15) is 33.6 Å². The Morgan fingerprint density at radius 2 is 1.25 bits per heavy atom. The standard InChI is InChI=1S/C8H16/c1-6-4-7(2)8(3)5-6/h6-8H,4-5H2,1-3H3/t6-,7-,8+. The second-order valence-electron chi connectivity index (χ2n) is 3.53. The highest BCUT2D eigenvalue weighted by Crippen LogP contribution is 2.34. The Bertz CT molecular complexity index is 66.1. The van der Waals surface area contributed by atoms with Crippen LogP contribution in [0.5, 0.6) is 0 Å². The van der Waals surface area contributed by atoms with Crippen LogP contribution in [-0.2, 0) is 0 Å². The maximum atomic E-state index is 2.37. The van der Waals surface area contributed by atoms with E-state index in [1.165, 1.54) is 12.8 Å². The van der Waals surface area contributed by atoms with Crippen LogP contribution in [0.3, 0.4) is 0 Å². The van der Waals surface area contributed by atoms with Crippen molar-refractivity contribution >= 4 is 0 Å². The fourth-order valence-electron chi connectivity index (χ4n) is 1.83. The quantitative estimate of drug-likeness (QED) is 0.452. The van der Waals surface area contributed by atoms with Gasteiger partial charge in [-0.15, -0.1) is 0 Å². The molecular weight excluding hydrogens is 96.1 g/mol. The van der Waals surface area contributed by atoms with Crippen molar-refractivity contribution in [3.63, 3.8) is 0 Å². The minimum atomic E-state index is 0.991. The van der Waals surface area contributed by atoms with Crippen molar-refractivity contribution in [2.45, 2.75) is 33.6 Å². The highest BCUT2D eigenvalue weighted by molar-refractivity contribution is 4.74. The Morgan fingerprint density at radius 1 is 0.875 bits per heavy atom. The van der Waals surface area contributed by atoms with E-state index in [1.54, 1.807) is 0 Å². The summed E-state index contributed by atoms with van der Waals surface area (Å²) in [6, 6.07) is 0. The van der Waals surface area contributed by atoms with E-state index in [0.29, 0.717) is 0 Å². The largest absolute Gasteiger partial charge is 0.0625 e. The molecule has 8 heavy (non-hydrogen) atoms. The second-order valence-corrected chi connectivity index (χ2v) is 3.53. The van der Waals surface area contributed by atoms with Crippen LogP contribution in [0.2, 0.25) is 0 Å². The maximum absolute atomic E-state index is 2.37. The molecule has 0 aliphatic heterocycles. The first-order chi connectivity index (χ1) is 3.70. The SMILES string of the molecule is C[C@@H]1C[C@@H](C)[C@@H](C)C1. The molecule has 48 valence electrons. The van der Waals surface area contributed by atoms with Gasteiger partial charge < -0.3 is 0 Å². The summed E-state index contributed by atoms with van der Waals surface area (Å²) in [6.07, 6.45) is 2.92. The van der Waals surface area contributed by atoms with Crippen LogP contribution in [0.15, 0.2) is 0 Å². The van der Waals surface area contributed by atoms with Crippen molar-refractivity contribution in [3.05, 3.63) is 0 Å². The molecule has 3 atom stereocenters. The summed E-state index contributed by atoms with van der Waals surface area (Å²) in [5.41, 5.74) is 0. The Labute approximate surface area is 52.3 Å². The molecule has 0 aromatic heterocycles. The van der Waals surface area contributed by atoms with Gasteiger partial charge in [-0.25, -0.2) is 0 Å². The predicted octanol–water partition coefficient (Wildman–Crippen LogP) is 2.69. The zero-order chi connectivity index (χ0) is 6.15. The van der Waals surface area contributed by atoms with Crippen molar-refractivity contribution in [3.8, 4) is 0 Å². The molecule has 0 heterocycles. The summed E-state index contributed by atoms with van der Waals surface area (Å²) in [7, 11) is 0. The molecule has 1 aliphatic rings. The first-order valence-electron chi connectivity index (χ1n) is 3.70. The summed E-state index contributed by atoms with van der Waals surface area (Å²) in [5, 5.41) is 0. The van der Waals surface area contributed by atoms with Gasteiger partial charge in [-0.2, -0.15) is 0 Å². The maximum Gasteiger partial charge on any atom is -0.0414 e. The molecule has 0 amide bonds. The summed E-state index contributed by atoms with van der Waals surface area (Å²) in [4.78, 5) is 0. The van der Waals surface area contributed by atoms with E-state index in [-0.39, 0.29) is 0 Å². The monoisotopic (exact) mass is 112 g/mol. The van der Waals surface area contributed by atoms with Gasteiger partial charge in [0, 0.05) is 0 Å². The van der Waals surface area contributed by atoms with Crippen molar-refractivity contribution in [2.24, 2.45) is 17.8 Å². The van der Waals surface area contributed by atoms with Crippen LogP contribution in [0.4, 0.5) is 0 Å². The van der Waals surface area contributed by atoms with Crippen molar-refractivity contribution in [2.75, 3.05) is 0 Å². The van der Waals surface area contributed by atoms with Crippen molar-refractivity contribution in [1.29, 1.82) is 0 Å². The Balaban J connectivity index is 2.39. The second kappa shape index (κ2) is 2.08. The van der Waals surface area contributed by atoms with Gasteiger partial charge in [0.25, 0.3) is 0 Å². The van der Waals surface area contributed by atoms with E-state index >= 15 is 0 Å². The molecular formula is C8H16. The van der Waals surface area contributed by atoms with E-state index in [9.17, 15) is 0 Å². The van der Waals surface area contributed by atoms with Crippen LogP contribution in [0.25, 0.3) is 0 Å². The van der Waals surface area contributed by atoms with Gasteiger partial charge in [-0.05, 0) is 30.6 Å². The van der Waals surface area contributed by atoms with Gasteiger partial charge in [0.15, 0.2) is 0 Å². The summed E-state index contributed by atoms with van der Waals surface area (Å²) in [6.45, 7) is 7.10. The first-order valence-corrected chi connectivity index (χ1v) is 3.70. The molecule has 0 N–H and O–H groups in total. The van der Waals surface area contributed by atoms with E-state index in [1.807, 2.05) is 0 Å². The van der Waals surface area contributed by atoms with E-state index in [2.05, 4.69) is 20.8 Å². The fourth-order valence-corrected chi connectivity index (χ4v) is 1.83. The molecule has 0 heteroatoms. The first kappa shape index (κ1) is 6.12. The molecule has 1 aliphatic carbocycles. The Morgan fingerprint density at radius 3 is 1.38 bits per heavy atom. The van der Waals surface area contributed by atoms with E-state index < -0.39 is 0 Å². The van der Waals surface area contributed by atoms with Gasteiger partial charge in [-0.3, -0.25) is 0 Å². The molecule has 0 aromatic carbocycles. The Hall–Kier alpha value is 0. The third-order valence-electron chi connectivity index (χ3n) is 2.52. The molecule has 1 rings (SSSR count). The minimum absolute atomic E-state index is 0.991. The molecule has 0 radical (unpaired) electrons. The highest BCUT2D eigenvalue weighted by Gasteiger charge is 2.24. The lowest BCUT2D eigenvalue weighted by Crippen LogP contribution is -1.95. The highest BCUT2D eigenvalue weighted by atomic mass is 14.3. The van der Waals surface area contributed by atoms with E-state index in [0.717, 1.165) is 17.8 Å². The van der Waals surface area contributed by atoms with E-state index in [4.69, 9.17) is 0 Å². The Kier molecular flexibility index (Phi) is 1.59. The lowest BCUT2D eigenvalue weighted by atomic mass is 10.0. The zero-order valence-electron chi connectivity index (χ0n) is 6.15. The molecule has 0 spiro atoms. The predicted molar refractivity (Wildman–Crippen MR) is 36.7 cm³/mol. The summed E-state index contributed by atoms with van der Waals surface area (Å²) >= 11 is 0. The third kappa shape index (κ3) is 1.04. The minimum Gasteiger partial charge on any atom is -0.0625 e. The molecule has 0 unspecified atom stereocenters. The van der Waals surface area contributed by atoms with Crippen LogP contribution < -0.4 is 0 Å². The fraction of sp³-hybridized carbons (Fsp3) is 1.00. The lowest BCUT2D eigenvalue weighted by Gasteiger charge is -2.04. The molecule has 1 fully saturated rings. The molecule has 0 aromatic rings. The van der Waals surface area contributed by atoms with Crippen LogP contribution >= 0.6 is 0 Å². The number of hydrogen-bond acceptors (Lipinski definition) is 0. The smallest absolute Gasteiger partial charge is 0.0414 e.